The second kappa shape index (κ2) is 5.46. The van der Waals surface area contributed by atoms with Crippen LogP contribution in [0.4, 0.5) is 0 Å². The Morgan fingerprint density at radius 2 is 1.94 bits per heavy atom. The van der Waals surface area contributed by atoms with E-state index in [-0.39, 0.29) is 5.54 Å². The first-order chi connectivity index (χ1) is 7.86. The summed E-state index contributed by atoms with van der Waals surface area (Å²) in [5.41, 5.74) is 0.350. The molecule has 5 nitrogen and oxygen atoms in total. The molecule has 0 aromatic carbocycles. The lowest BCUT2D eigenvalue weighted by Crippen LogP contribution is -2.48. The van der Waals surface area contributed by atoms with Crippen LogP contribution in [0.2, 0.25) is 0 Å². The number of halogens is 1. The molecule has 6 heteroatoms. The molecule has 1 unspecified atom stereocenters. The minimum atomic E-state index is -0.642. The zero-order valence-corrected chi connectivity index (χ0v) is 12.7. The first-order valence-corrected chi connectivity index (χ1v) is 6.63. The number of aromatic nitrogens is 3. The Labute approximate surface area is 111 Å². The van der Waals surface area contributed by atoms with E-state index in [0.717, 1.165) is 13.1 Å². The highest BCUT2D eigenvalue weighted by atomic mass is 79.9. The Morgan fingerprint density at radius 3 is 2.29 bits per heavy atom. The molecular weight excluding hydrogens is 284 g/mol. The van der Waals surface area contributed by atoms with Gasteiger partial charge in [-0.3, -0.25) is 4.90 Å². The van der Waals surface area contributed by atoms with Gasteiger partial charge in [0.25, 0.3) is 0 Å². The van der Waals surface area contributed by atoms with Crippen LogP contribution in [0.1, 0.15) is 39.5 Å². The number of nitrogens with zero attached hydrogens (tertiary/aromatic N) is 4. The van der Waals surface area contributed by atoms with Crippen LogP contribution in [0.5, 0.6) is 0 Å². The monoisotopic (exact) mass is 304 g/mol. The van der Waals surface area contributed by atoms with Crippen molar-refractivity contribution in [3.63, 3.8) is 0 Å². The fourth-order valence-electron chi connectivity index (χ4n) is 2.18. The van der Waals surface area contributed by atoms with Crippen molar-refractivity contribution in [3.05, 3.63) is 10.3 Å². The van der Waals surface area contributed by atoms with Gasteiger partial charge in [0.05, 0.1) is 0 Å². The van der Waals surface area contributed by atoms with Gasteiger partial charge in [-0.2, -0.15) is 0 Å². The second-order valence-corrected chi connectivity index (χ2v) is 5.37. The predicted molar refractivity (Wildman–Crippen MR) is 70.7 cm³/mol. The molecule has 1 N–H and O–H groups in total. The maximum absolute atomic E-state index is 10.6. The van der Waals surface area contributed by atoms with E-state index in [2.05, 4.69) is 45.0 Å². The Hall–Kier alpha value is -0.460. The van der Waals surface area contributed by atoms with E-state index in [1.807, 2.05) is 13.8 Å². The second-order valence-electron chi connectivity index (χ2n) is 4.62. The van der Waals surface area contributed by atoms with Gasteiger partial charge in [0.1, 0.15) is 11.8 Å². The average Bonchev–Trinajstić information content (AvgIpc) is 2.59. The number of likely N-dealkylation sites (N-methyl/N-ethyl adjacent to an activating group) is 1. The molecule has 1 rings (SSSR count). The summed E-state index contributed by atoms with van der Waals surface area (Å²) in [6, 6.07) is 0. The summed E-state index contributed by atoms with van der Waals surface area (Å²) in [5, 5.41) is 18.4. The molecule has 1 atom stereocenters. The van der Waals surface area contributed by atoms with Crippen LogP contribution in [-0.4, -0.2) is 43.6 Å². The molecule has 17 heavy (non-hydrogen) atoms. The van der Waals surface area contributed by atoms with E-state index < -0.39 is 6.10 Å². The van der Waals surface area contributed by atoms with Gasteiger partial charge >= 0.3 is 0 Å². The highest BCUT2D eigenvalue weighted by molar-refractivity contribution is 9.10. The molecule has 0 bridgehead atoms. The van der Waals surface area contributed by atoms with E-state index >= 15 is 0 Å². The Morgan fingerprint density at radius 1 is 1.41 bits per heavy atom. The smallest absolute Gasteiger partial charge is 0.154 e. The number of hydrogen-bond donors (Lipinski definition) is 1. The van der Waals surface area contributed by atoms with Crippen molar-refractivity contribution in [2.24, 2.45) is 7.05 Å². The summed E-state index contributed by atoms with van der Waals surface area (Å²) in [4.78, 5) is 2.22. The molecule has 0 saturated heterocycles. The number of aliphatic hydroxyl groups excluding tert-OH is 1. The van der Waals surface area contributed by atoms with Crippen molar-refractivity contribution in [2.45, 2.75) is 39.3 Å². The number of hydrogen-bond acceptors (Lipinski definition) is 4. The summed E-state index contributed by atoms with van der Waals surface area (Å²) in [5.74, 6) is 0. The highest BCUT2D eigenvalue weighted by Crippen LogP contribution is 2.33. The molecule has 1 aromatic rings. The van der Waals surface area contributed by atoms with Crippen LogP contribution in [0.25, 0.3) is 0 Å². The fourth-order valence-corrected chi connectivity index (χ4v) is 2.72. The van der Waals surface area contributed by atoms with Crippen molar-refractivity contribution in [2.75, 3.05) is 13.1 Å². The van der Waals surface area contributed by atoms with Gasteiger partial charge in [0, 0.05) is 12.6 Å². The summed E-state index contributed by atoms with van der Waals surface area (Å²) in [6.07, 6.45) is -0.642. The molecule has 0 amide bonds. The molecule has 0 aliphatic heterocycles. The Kier molecular flexibility index (Phi) is 4.69. The number of rotatable bonds is 5. The van der Waals surface area contributed by atoms with Crippen LogP contribution in [0.15, 0.2) is 4.60 Å². The molecule has 0 fully saturated rings. The third-order valence-corrected chi connectivity index (χ3v) is 3.90. The van der Waals surface area contributed by atoms with Crippen molar-refractivity contribution in [1.29, 1.82) is 0 Å². The van der Waals surface area contributed by atoms with Gasteiger partial charge in [0.2, 0.25) is 0 Å². The summed E-state index contributed by atoms with van der Waals surface area (Å²) >= 11 is 3.33. The van der Waals surface area contributed by atoms with E-state index in [1.165, 1.54) is 0 Å². The average molecular weight is 305 g/mol. The fraction of sp³-hybridized carbons (Fsp3) is 0.818. The molecule has 0 aliphatic rings. The standard InChI is InChI=1S/C11H21BrN4O/c1-6-16(7-2)11(3,4)9(17)8-10(12)13-14-15(8)5/h9,17H,6-7H2,1-5H3. The summed E-state index contributed by atoms with van der Waals surface area (Å²) in [6.45, 7) is 10.0. The van der Waals surface area contributed by atoms with Gasteiger partial charge in [-0.1, -0.05) is 19.1 Å². The Balaban J connectivity index is 3.07. The van der Waals surface area contributed by atoms with Crippen molar-refractivity contribution < 1.29 is 5.11 Å². The molecule has 0 spiro atoms. The lowest BCUT2D eigenvalue weighted by atomic mass is 9.92. The largest absolute Gasteiger partial charge is 0.385 e. The number of aliphatic hydroxyl groups is 1. The first-order valence-electron chi connectivity index (χ1n) is 5.84. The Bertz CT molecular complexity index is 354. The lowest BCUT2D eigenvalue weighted by Gasteiger charge is -2.40. The van der Waals surface area contributed by atoms with Gasteiger partial charge in [-0.15, -0.1) is 5.10 Å². The van der Waals surface area contributed by atoms with Crippen LogP contribution in [0.3, 0.4) is 0 Å². The van der Waals surface area contributed by atoms with E-state index in [0.29, 0.717) is 10.3 Å². The van der Waals surface area contributed by atoms with Gasteiger partial charge in [0.15, 0.2) is 4.60 Å². The van der Waals surface area contributed by atoms with Crippen molar-refractivity contribution in [3.8, 4) is 0 Å². The zero-order chi connectivity index (χ0) is 13.2. The lowest BCUT2D eigenvalue weighted by molar-refractivity contribution is -0.0110. The van der Waals surface area contributed by atoms with E-state index in [4.69, 9.17) is 0 Å². The highest BCUT2D eigenvalue weighted by Gasteiger charge is 2.37. The topological polar surface area (TPSA) is 54.2 Å². The quantitative estimate of drug-likeness (QED) is 0.900. The van der Waals surface area contributed by atoms with Crippen LogP contribution in [0, 0.1) is 0 Å². The van der Waals surface area contributed by atoms with Gasteiger partial charge in [-0.05, 0) is 42.9 Å². The maximum atomic E-state index is 10.6. The predicted octanol–water partition coefficient (Wildman–Crippen LogP) is 1.73. The van der Waals surface area contributed by atoms with Crippen LogP contribution < -0.4 is 0 Å². The molecule has 0 radical (unpaired) electrons. The SMILES string of the molecule is CCN(CC)C(C)(C)C(O)c1c(Br)nnn1C. The zero-order valence-electron chi connectivity index (χ0n) is 11.1. The third kappa shape index (κ3) is 2.69. The van der Waals surface area contributed by atoms with Crippen molar-refractivity contribution in [1.82, 2.24) is 19.9 Å². The molecule has 0 aliphatic carbocycles. The van der Waals surface area contributed by atoms with Gasteiger partial charge < -0.3 is 5.11 Å². The van der Waals surface area contributed by atoms with Crippen LogP contribution in [-0.2, 0) is 7.05 Å². The van der Waals surface area contributed by atoms with Gasteiger partial charge in [-0.25, -0.2) is 4.68 Å². The molecule has 1 aromatic heterocycles. The normalized spacial score (nSPS) is 14.4. The number of aryl methyl sites for hydroxylation is 1. The molecular formula is C11H21BrN4O. The summed E-state index contributed by atoms with van der Waals surface area (Å²) < 4.78 is 2.22. The minimum absolute atomic E-state index is 0.360. The minimum Gasteiger partial charge on any atom is -0.385 e. The van der Waals surface area contributed by atoms with E-state index in [1.54, 1.807) is 11.7 Å². The molecule has 1 heterocycles. The maximum Gasteiger partial charge on any atom is 0.154 e. The third-order valence-electron chi connectivity index (χ3n) is 3.33. The van der Waals surface area contributed by atoms with Crippen molar-refractivity contribution >= 4 is 15.9 Å². The molecule has 0 saturated carbocycles. The van der Waals surface area contributed by atoms with Crippen LogP contribution >= 0.6 is 15.9 Å². The van der Waals surface area contributed by atoms with E-state index in [9.17, 15) is 5.11 Å². The first kappa shape index (κ1) is 14.6. The summed E-state index contributed by atoms with van der Waals surface area (Å²) in [7, 11) is 1.79. The molecule has 98 valence electrons.